The minimum atomic E-state index is -3.35. The Kier molecular flexibility index (Phi) is 5.31. The van der Waals surface area contributed by atoms with Gasteiger partial charge in [0, 0.05) is 32.4 Å². The zero-order chi connectivity index (χ0) is 18.9. The predicted molar refractivity (Wildman–Crippen MR) is 97.3 cm³/mol. The molecular formula is C17H24N4O4S. The van der Waals surface area contributed by atoms with Gasteiger partial charge in [-0.05, 0) is 18.6 Å². The molecule has 8 nitrogen and oxygen atoms in total. The fourth-order valence-corrected chi connectivity index (χ4v) is 4.27. The van der Waals surface area contributed by atoms with Gasteiger partial charge < -0.3 is 14.5 Å². The number of nitrogens with zero attached hydrogens (tertiary/aromatic N) is 3. The maximum Gasteiger partial charge on any atom is 0.226 e. The Morgan fingerprint density at radius 1 is 1.42 bits per heavy atom. The second kappa shape index (κ2) is 7.34. The van der Waals surface area contributed by atoms with Crippen LogP contribution in [-0.4, -0.2) is 67.1 Å². The molecule has 0 aromatic carbocycles. The lowest BCUT2D eigenvalue weighted by Gasteiger charge is -2.21. The summed E-state index contributed by atoms with van der Waals surface area (Å²) in [5, 5.41) is 2.92. The number of carbonyl (C=O) groups is 1. The van der Waals surface area contributed by atoms with Crippen LogP contribution in [0.5, 0.6) is 0 Å². The van der Waals surface area contributed by atoms with Crippen molar-refractivity contribution in [1.82, 2.24) is 19.0 Å². The second-order valence-electron chi connectivity index (χ2n) is 6.84. The van der Waals surface area contributed by atoms with Crippen molar-refractivity contribution in [3.63, 3.8) is 0 Å². The molecule has 0 spiro atoms. The van der Waals surface area contributed by atoms with Crippen LogP contribution in [0.25, 0.3) is 5.65 Å². The molecule has 0 saturated carbocycles. The molecule has 1 N–H and O–H groups in total. The quantitative estimate of drug-likeness (QED) is 0.773. The van der Waals surface area contributed by atoms with E-state index in [1.54, 1.807) is 6.20 Å². The van der Waals surface area contributed by atoms with Crippen molar-refractivity contribution < 1.29 is 17.9 Å². The van der Waals surface area contributed by atoms with E-state index < -0.39 is 10.0 Å². The first-order chi connectivity index (χ1) is 12.3. The molecule has 1 fully saturated rings. The molecule has 26 heavy (non-hydrogen) atoms. The van der Waals surface area contributed by atoms with Crippen LogP contribution in [0.15, 0.2) is 24.5 Å². The summed E-state index contributed by atoms with van der Waals surface area (Å²) in [7, 11) is -0.335. The van der Waals surface area contributed by atoms with Crippen molar-refractivity contribution in [2.45, 2.75) is 19.4 Å². The van der Waals surface area contributed by atoms with Gasteiger partial charge in [0.05, 0.1) is 37.1 Å². The Bertz CT molecular complexity index is 907. The maximum absolute atomic E-state index is 12.5. The molecule has 3 heterocycles. The minimum Gasteiger partial charge on any atom is -0.379 e. The van der Waals surface area contributed by atoms with Gasteiger partial charge >= 0.3 is 0 Å². The van der Waals surface area contributed by atoms with Gasteiger partial charge in [-0.25, -0.2) is 17.7 Å². The van der Waals surface area contributed by atoms with E-state index in [1.165, 1.54) is 18.4 Å². The third kappa shape index (κ3) is 3.89. The lowest BCUT2D eigenvalue weighted by molar-refractivity contribution is -0.121. The zero-order valence-electron chi connectivity index (χ0n) is 15.2. The largest absolute Gasteiger partial charge is 0.379 e. The Labute approximate surface area is 153 Å². The van der Waals surface area contributed by atoms with Crippen LogP contribution in [0.4, 0.5) is 0 Å². The van der Waals surface area contributed by atoms with E-state index in [2.05, 4.69) is 10.3 Å². The SMILES string of the molecule is Cc1cccn2c(CC(=O)N[C@H]3COC[C@H]3CS(=O)(=O)N(C)C)cnc12. The van der Waals surface area contributed by atoms with E-state index in [0.29, 0.717) is 13.2 Å². The number of carbonyl (C=O) groups excluding carboxylic acids is 1. The number of amides is 1. The highest BCUT2D eigenvalue weighted by Crippen LogP contribution is 2.18. The summed E-state index contributed by atoms with van der Waals surface area (Å²) >= 11 is 0. The molecule has 3 rings (SSSR count). The number of aromatic nitrogens is 2. The second-order valence-corrected chi connectivity index (χ2v) is 9.07. The number of nitrogens with one attached hydrogen (secondary N) is 1. The summed E-state index contributed by atoms with van der Waals surface area (Å²) in [4.78, 5) is 16.8. The monoisotopic (exact) mass is 380 g/mol. The predicted octanol–water partition coefficient (Wildman–Crippen LogP) is 0.208. The van der Waals surface area contributed by atoms with Crippen LogP contribution in [0, 0.1) is 12.8 Å². The molecule has 0 unspecified atom stereocenters. The first-order valence-electron chi connectivity index (χ1n) is 8.47. The van der Waals surface area contributed by atoms with Crippen molar-refractivity contribution in [2.75, 3.05) is 33.1 Å². The van der Waals surface area contributed by atoms with Gasteiger partial charge in [-0.1, -0.05) is 6.07 Å². The molecule has 0 bridgehead atoms. The zero-order valence-corrected chi connectivity index (χ0v) is 16.0. The van der Waals surface area contributed by atoms with Gasteiger partial charge in [0.2, 0.25) is 15.9 Å². The molecule has 0 radical (unpaired) electrons. The van der Waals surface area contributed by atoms with E-state index in [4.69, 9.17) is 4.74 Å². The highest BCUT2D eigenvalue weighted by Gasteiger charge is 2.34. The average Bonchev–Trinajstić information content (AvgIpc) is 3.15. The van der Waals surface area contributed by atoms with Crippen LogP contribution in [0.3, 0.4) is 0 Å². The Balaban J connectivity index is 1.66. The number of imidazole rings is 1. The fourth-order valence-electron chi connectivity index (χ4n) is 3.10. The van der Waals surface area contributed by atoms with Gasteiger partial charge in [-0.2, -0.15) is 0 Å². The minimum absolute atomic E-state index is 0.0419. The number of fused-ring (bicyclic) bond motifs is 1. The third-order valence-electron chi connectivity index (χ3n) is 4.68. The van der Waals surface area contributed by atoms with Crippen molar-refractivity contribution in [3.8, 4) is 0 Å². The summed E-state index contributed by atoms with van der Waals surface area (Å²) in [6.07, 6.45) is 3.75. The van der Waals surface area contributed by atoms with Crippen LogP contribution in [0.2, 0.25) is 0 Å². The summed E-state index contributed by atoms with van der Waals surface area (Å²) in [5.41, 5.74) is 2.66. The first kappa shape index (κ1) is 18.8. The molecule has 9 heteroatoms. The van der Waals surface area contributed by atoms with E-state index in [9.17, 15) is 13.2 Å². The van der Waals surface area contributed by atoms with Crippen LogP contribution < -0.4 is 5.32 Å². The van der Waals surface area contributed by atoms with Gasteiger partial charge in [0.15, 0.2) is 0 Å². The lowest BCUT2D eigenvalue weighted by Crippen LogP contribution is -2.44. The number of hydrogen-bond acceptors (Lipinski definition) is 5. The molecular weight excluding hydrogens is 356 g/mol. The molecule has 2 atom stereocenters. The Morgan fingerprint density at radius 3 is 2.92 bits per heavy atom. The normalized spacial score (nSPS) is 20.8. The van der Waals surface area contributed by atoms with Crippen molar-refractivity contribution in [1.29, 1.82) is 0 Å². The molecule has 1 aliphatic rings. The standard InChI is InChI=1S/C17H24N4O4S/c1-12-5-4-6-21-14(8-18-17(12)21)7-16(22)19-15-10-25-9-13(15)11-26(23,24)20(2)3/h4-6,8,13,15H,7,9-11H2,1-3H3,(H,19,22)/t13-,15-/m0/s1. The highest BCUT2D eigenvalue weighted by atomic mass is 32.2. The summed E-state index contributed by atoms with van der Waals surface area (Å²) in [5.74, 6) is -0.466. The average molecular weight is 380 g/mol. The van der Waals surface area contributed by atoms with Crippen LogP contribution >= 0.6 is 0 Å². The van der Waals surface area contributed by atoms with E-state index in [-0.39, 0.29) is 30.0 Å². The van der Waals surface area contributed by atoms with Crippen LogP contribution in [0.1, 0.15) is 11.3 Å². The number of pyridine rings is 1. The molecule has 1 aliphatic heterocycles. The number of rotatable bonds is 6. The summed E-state index contributed by atoms with van der Waals surface area (Å²) in [6, 6.07) is 3.58. The van der Waals surface area contributed by atoms with Crippen molar-refractivity contribution >= 4 is 21.6 Å². The number of aryl methyl sites for hydroxylation is 1. The van der Waals surface area contributed by atoms with Crippen molar-refractivity contribution in [3.05, 3.63) is 35.8 Å². The Hall–Kier alpha value is -1.97. The van der Waals surface area contributed by atoms with Gasteiger partial charge in [-0.3, -0.25) is 4.79 Å². The number of ether oxygens (including phenoxy) is 1. The smallest absolute Gasteiger partial charge is 0.226 e. The molecule has 2 aromatic heterocycles. The van der Waals surface area contributed by atoms with E-state index >= 15 is 0 Å². The Morgan fingerprint density at radius 2 is 2.19 bits per heavy atom. The van der Waals surface area contributed by atoms with E-state index in [0.717, 1.165) is 16.9 Å². The van der Waals surface area contributed by atoms with Crippen LogP contribution in [-0.2, 0) is 26.0 Å². The van der Waals surface area contributed by atoms with Gasteiger partial charge in [0.25, 0.3) is 0 Å². The number of sulfonamides is 1. The summed E-state index contributed by atoms with van der Waals surface area (Å²) < 4.78 is 32.7. The molecule has 0 aliphatic carbocycles. The summed E-state index contributed by atoms with van der Waals surface area (Å²) in [6.45, 7) is 2.62. The third-order valence-corrected chi connectivity index (χ3v) is 6.64. The molecule has 142 valence electrons. The lowest BCUT2D eigenvalue weighted by atomic mass is 10.1. The van der Waals surface area contributed by atoms with Crippen molar-refractivity contribution in [2.24, 2.45) is 5.92 Å². The fraction of sp³-hybridized carbons (Fsp3) is 0.529. The highest BCUT2D eigenvalue weighted by molar-refractivity contribution is 7.89. The first-order valence-corrected chi connectivity index (χ1v) is 10.1. The molecule has 2 aromatic rings. The molecule has 1 saturated heterocycles. The van der Waals surface area contributed by atoms with Gasteiger partial charge in [0.1, 0.15) is 5.65 Å². The maximum atomic E-state index is 12.5. The molecule has 1 amide bonds. The topological polar surface area (TPSA) is 93.0 Å². The number of hydrogen-bond donors (Lipinski definition) is 1. The van der Waals surface area contributed by atoms with E-state index in [1.807, 2.05) is 29.7 Å². The van der Waals surface area contributed by atoms with Gasteiger partial charge in [-0.15, -0.1) is 0 Å².